The largest absolute Gasteiger partial charge is 0.378 e. The summed E-state index contributed by atoms with van der Waals surface area (Å²) in [4.78, 5) is 9.90. The van der Waals surface area contributed by atoms with Crippen molar-refractivity contribution in [1.29, 1.82) is 0 Å². The molecule has 0 spiro atoms. The van der Waals surface area contributed by atoms with Crippen LogP contribution in [0.2, 0.25) is 0 Å². The summed E-state index contributed by atoms with van der Waals surface area (Å²) in [6.07, 6.45) is 0. The standard InChI is InChI=1S/C12H11FN2O2S/c1-8(9-4-5-18-7-9)14-10-2-3-11(13)12(6-10)15(16)17/h2-8,14H,1H3. The molecule has 0 saturated heterocycles. The van der Waals surface area contributed by atoms with Crippen LogP contribution >= 0.6 is 11.3 Å². The van der Waals surface area contributed by atoms with E-state index in [2.05, 4.69) is 5.32 Å². The van der Waals surface area contributed by atoms with Crippen LogP contribution in [0.3, 0.4) is 0 Å². The smallest absolute Gasteiger partial charge is 0.306 e. The summed E-state index contributed by atoms with van der Waals surface area (Å²) in [6.45, 7) is 1.94. The fourth-order valence-electron chi connectivity index (χ4n) is 1.60. The summed E-state index contributed by atoms with van der Waals surface area (Å²) in [7, 11) is 0. The third-order valence-electron chi connectivity index (χ3n) is 2.57. The minimum atomic E-state index is -0.825. The molecule has 0 amide bonds. The van der Waals surface area contributed by atoms with Crippen LogP contribution in [0.25, 0.3) is 0 Å². The van der Waals surface area contributed by atoms with Crippen molar-refractivity contribution in [3.63, 3.8) is 0 Å². The third kappa shape index (κ3) is 2.65. The summed E-state index contributed by atoms with van der Waals surface area (Å²) in [5.74, 6) is -0.825. The Morgan fingerprint density at radius 2 is 2.22 bits per heavy atom. The lowest BCUT2D eigenvalue weighted by atomic mass is 10.1. The molecule has 1 atom stereocenters. The first-order valence-corrected chi connectivity index (χ1v) is 6.25. The molecule has 18 heavy (non-hydrogen) atoms. The molecule has 0 aliphatic carbocycles. The highest BCUT2D eigenvalue weighted by atomic mass is 32.1. The zero-order valence-corrected chi connectivity index (χ0v) is 10.4. The van der Waals surface area contributed by atoms with E-state index in [-0.39, 0.29) is 6.04 Å². The molecule has 0 bridgehead atoms. The van der Waals surface area contributed by atoms with E-state index in [4.69, 9.17) is 0 Å². The zero-order valence-electron chi connectivity index (χ0n) is 9.59. The first-order chi connectivity index (χ1) is 8.58. The zero-order chi connectivity index (χ0) is 13.1. The number of nitrogens with zero attached hydrogens (tertiary/aromatic N) is 1. The first kappa shape index (κ1) is 12.5. The number of halogens is 1. The SMILES string of the molecule is CC(Nc1ccc(F)c([N+](=O)[O-])c1)c1ccsc1. The van der Waals surface area contributed by atoms with Gasteiger partial charge >= 0.3 is 5.69 Å². The topological polar surface area (TPSA) is 55.2 Å². The van der Waals surface area contributed by atoms with Gasteiger partial charge < -0.3 is 5.32 Å². The number of thiophene rings is 1. The van der Waals surface area contributed by atoms with Crippen molar-refractivity contribution in [2.24, 2.45) is 0 Å². The van der Waals surface area contributed by atoms with Gasteiger partial charge in [0.05, 0.1) is 4.92 Å². The van der Waals surface area contributed by atoms with Gasteiger partial charge in [0, 0.05) is 17.8 Å². The maximum atomic E-state index is 13.2. The minimum absolute atomic E-state index is 0.0151. The van der Waals surface area contributed by atoms with E-state index in [1.54, 1.807) is 11.3 Å². The number of nitro benzene ring substituents is 1. The van der Waals surface area contributed by atoms with Crippen molar-refractivity contribution in [1.82, 2.24) is 0 Å². The summed E-state index contributed by atoms with van der Waals surface area (Å²) in [5, 5.41) is 17.7. The summed E-state index contributed by atoms with van der Waals surface area (Å²) >= 11 is 1.58. The Bertz CT molecular complexity index is 557. The number of hydrogen-bond acceptors (Lipinski definition) is 4. The van der Waals surface area contributed by atoms with Crippen molar-refractivity contribution < 1.29 is 9.31 Å². The molecule has 0 aliphatic heterocycles. The van der Waals surface area contributed by atoms with E-state index in [0.29, 0.717) is 5.69 Å². The van der Waals surface area contributed by atoms with Crippen molar-refractivity contribution in [3.05, 3.63) is 56.5 Å². The second kappa shape index (κ2) is 5.14. The lowest BCUT2D eigenvalue weighted by Gasteiger charge is -2.13. The third-order valence-corrected chi connectivity index (χ3v) is 3.27. The second-order valence-electron chi connectivity index (χ2n) is 3.85. The highest BCUT2D eigenvalue weighted by molar-refractivity contribution is 7.07. The Balaban J connectivity index is 2.20. The Hall–Kier alpha value is -1.95. The number of hydrogen-bond donors (Lipinski definition) is 1. The van der Waals surface area contributed by atoms with Gasteiger partial charge in [-0.1, -0.05) is 0 Å². The van der Waals surface area contributed by atoms with Gasteiger partial charge in [0.2, 0.25) is 5.82 Å². The Morgan fingerprint density at radius 1 is 1.44 bits per heavy atom. The van der Waals surface area contributed by atoms with Gasteiger partial charge in [0.25, 0.3) is 0 Å². The van der Waals surface area contributed by atoms with Crippen molar-refractivity contribution in [2.75, 3.05) is 5.32 Å². The molecule has 1 aromatic carbocycles. The van der Waals surface area contributed by atoms with Crippen LogP contribution in [-0.4, -0.2) is 4.92 Å². The summed E-state index contributed by atoms with van der Waals surface area (Å²) in [6, 6.07) is 5.78. The normalized spacial score (nSPS) is 12.1. The van der Waals surface area contributed by atoms with Gasteiger partial charge in [0.1, 0.15) is 0 Å². The van der Waals surface area contributed by atoms with Crippen LogP contribution in [0.5, 0.6) is 0 Å². The molecular weight excluding hydrogens is 255 g/mol. The molecule has 2 aromatic rings. The average molecular weight is 266 g/mol. The molecule has 1 heterocycles. The van der Waals surface area contributed by atoms with Gasteiger partial charge in [-0.15, -0.1) is 0 Å². The molecule has 1 N–H and O–H groups in total. The van der Waals surface area contributed by atoms with E-state index < -0.39 is 16.4 Å². The van der Waals surface area contributed by atoms with Crippen molar-refractivity contribution in [3.8, 4) is 0 Å². The number of anilines is 1. The van der Waals surface area contributed by atoms with E-state index in [0.717, 1.165) is 11.6 Å². The van der Waals surface area contributed by atoms with Crippen molar-refractivity contribution >= 4 is 22.7 Å². The maximum Gasteiger partial charge on any atom is 0.306 e. The van der Waals surface area contributed by atoms with Gasteiger partial charge in [-0.3, -0.25) is 10.1 Å². The molecule has 0 radical (unpaired) electrons. The van der Waals surface area contributed by atoms with E-state index in [9.17, 15) is 14.5 Å². The molecule has 0 saturated carbocycles. The fourth-order valence-corrected chi connectivity index (χ4v) is 2.35. The second-order valence-corrected chi connectivity index (χ2v) is 4.63. The molecule has 0 fully saturated rings. The van der Waals surface area contributed by atoms with E-state index in [1.807, 2.05) is 23.8 Å². The Kier molecular flexibility index (Phi) is 3.57. The van der Waals surface area contributed by atoms with Crippen LogP contribution in [0.1, 0.15) is 18.5 Å². The van der Waals surface area contributed by atoms with E-state index >= 15 is 0 Å². The lowest BCUT2D eigenvalue weighted by Crippen LogP contribution is -2.06. The number of nitro groups is 1. The van der Waals surface area contributed by atoms with E-state index in [1.165, 1.54) is 12.1 Å². The molecule has 6 heteroatoms. The molecular formula is C12H11FN2O2S. The van der Waals surface area contributed by atoms with Gasteiger partial charge in [-0.05, 0) is 41.4 Å². The number of rotatable bonds is 4. The Labute approximate surface area is 107 Å². The molecule has 2 rings (SSSR count). The first-order valence-electron chi connectivity index (χ1n) is 5.30. The monoisotopic (exact) mass is 266 g/mol. The van der Waals surface area contributed by atoms with Crippen LogP contribution in [-0.2, 0) is 0 Å². The average Bonchev–Trinajstić information content (AvgIpc) is 2.85. The lowest BCUT2D eigenvalue weighted by molar-refractivity contribution is -0.387. The minimum Gasteiger partial charge on any atom is -0.378 e. The predicted molar refractivity (Wildman–Crippen MR) is 69.4 cm³/mol. The fraction of sp³-hybridized carbons (Fsp3) is 0.167. The molecule has 1 unspecified atom stereocenters. The predicted octanol–water partition coefficient (Wildman–Crippen LogP) is 3.97. The maximum absolute atomic E-state index is 13.2. The van der Waals surface area contributed by atoms with Crippen LogP contribution in [0, 0.1) is 15.9 Å². The van der Waals surface area contributed by atoms with Gasteiger partial charge in [-0.25, -0.2) is 0 Å². The highest BCUT2D eigenvalue weighted by Crippen LogP contribution is 2.25. The summed E-state index contributed by atoms with van der Waals surface area (Å²) in [5.41, 5.74) is 1.10. The summed E-state index contributed by atoms with van der Waals surface area (Å²) < 4.78 is 13.2. The quantitative estimate of drug-likeness (QED) is 0.673. The highest BCUT2D eigenvalue weighted by Gasteiger charge is 2.15. The van der Waals surface area contributed by atoms with Crippen LogP contribution < -0.4 is 5.32 Å². The van der Waals surface area contributed by atoms with Gasteiger partial charge in [0.15, 0.2) is 0 Å². The number of benzene rings is 1. The van der Waals surface area contributed by atoms with Gasteiger partial charge in [-0.2, -0.15) is 15.7 Å². The Morgan fingerprint density at radius 3 is 2.83 bits per heavy atom. The molecule has 4 nitrogen and oxygen atoms in total. The molecule has 1 aromatic heterocycles. The van der Waals surface area contributed by atoms with Crippen LogP contribution in [0.15, 0.2) is 35.0 Å². The molecule has 0 aliphatic rings. The number of nitrogens with one attached hydrogen (secondary N) is 1. The van der Waals surface area contributed by atoms with Crippen molar-refractivity contribution in [2.45, 2.75) is 13.0 Å². The van der Waals surface area contributed by atoms with Crippen LogP contribution in [0.4, 0.5) is 15.8 Å². The molecule has 94 valence electrons.